The van der Waals surface area contributed by atoms with Crippen molar-refractivity contribution < 1.29 is 34.4 Å². The van der Waals surface area contributed by atoms with Crippen LogP contribution in [0.15, 0.2) is 17.7 Å². The first-order chi connectivity index (χ1) is 3.80. The molecule has 0 saturated heterocycles. The summed E-state index contributed by atoms with van der Waals surface area (Å²) < 4.78 is 0. The zero-order valence-corrected chi connectivity index (χ0v) is 7.77. The Hall–Kier alpha value is 0.150. The molecule has 1 aliphatic carbocycles. The van der Waals surface area contributed by atoms with Crippen LogP contribution in [0.2, 0.25) is 0 Å². The Kier molecular flexibility index (Phi) is 4.11. The van der Waals surface area contributed by atoms with E-state index in [9.17, 15) is 4.79 Å². The molecule has 0 fully saturated rings. The maximum atomic E-state index is 10.5. The van der Waals surface area contributed by atoms with E-state index in [1.54, 1.807) is 6.92 Å². The number of Topliss-reactive ketones (excluding diaryl/α,β-unsaturated/α-hetero) is 1. The second-order valence-corrected chi connectivity index (χ2v) is 1.75. The average molecular weight is 130 g/mol. The maximum Gasteiger partial charge on any atom is 1.00 e. The van der Waals surface area contributed by atoms with Gasteiger partial charge >= 0.3 is 29.6 Å². The summed E-state index contributed by atoms with van der Waals surface area (Å²) >= 11 is 0. The van der Waals surface area contributed by atoms with Crippen molar-refractivity contribution in [1.29, 1.82) is 0 Å². The smallest absolute Gasteiger partial charge is 0.371 e. The third-order valence-electron chi connectivity index (χ3n) is 1.07. The fourth-order valence-corrected chi connectivity index (χ4v) is 0.646. The van der Waals surface area contributed by atoms with Crippen LogP contribution in [0.1, 0.15) is 13.3 Å². The molecule has 2 heteroatoms. The Morgan fingerprint density at radius 1 is 1.78 bits per heavy atom. The summed E-state index contributed by atoms with van der Waals surface area (Å²) in [5, 5.41) is 0. The van der Waals surface area contributed by atoms with Crippen molar-refractivity contribution >= 4 is 5.78 Å². The zero-order chi connectivity index (χ0) is 5.98. The van der Waals surface area contributed by atoms with Crippen LogP contribution in [0, 0.1) is 6.08 Å². The molecule has 0 bridgehead atoms. The maximum absolute atomic E-state index is 10.5. The molecule has 1 rings (SSSR count). The van der Waals surface area contributed by atoms with Gasteiger partial charge < -0.3 is 4.79 Å². The normalized spacial score (nSPS) is 14.6. The quantitative estimate of drug-likeness (QED) is 0.304. The van der Waals surface area contributed by atoms with Crippen LogP contribution in [-0.4, -0.2) is 5.78 Å². The molecular weight excluding hydrogens is 123 g/mol. The number of carbonyl (C=O) groups excluding carboxylic acids is 1. The summed E-state index contributed by atoms with van der Waals surface area (Å²) in [5.74, 6) is 0.110. The van der Waals surface area contributed by atoms with Gasteiger partial charge in [-0.3, -0.25) is 0 Å². The van der Waals surface area contributed by atoms with Gasteiger partial charge in [0.25, 0.3) is 0 Å². The first-order valence-corrected chi connectivity index (χ1v) is 2.59. The first-order valence-electron chi connectivity index (χ1n) is 2.59. The van der Waals surface area contributed by atoms with Gasteiger partial charge in [0.2, 0.25) is 0 Å². The Balaban J connectivity index is 0.000000640. The molecule has 0 unspecified atom stereocenters. The van der Waals surface area contributed by atoms with E-state index >= 15 is 0 Å². The van der Waals surface area contributed by atoms with Gasteiger partial charge in [0.15, 0.2) is 0 Å². The summed E-state index contributed by atoms with van der Waals surface area (Å²) in [6.45, 7) is 1.55. The SMILES string of the molecule is CC(=O)C1=[C-]CC=C1.[Na+]. The van der Waals surface area contributed by atoms with E-state index in [1.807, 2.05) is 12.2 Å². The van der Waals surface area contributed by atoms with Gasteiger partial charge in [-0.25, -0.2) is 0 Å². The van der Waals surface area contributed by atoms with Gasteiger partial charge in [-0.05, 0) is 6.92 Å². The molecule has 0 radical (unpaired) electrons. The van der Waals surface area contributed by atoms with Gasteiger partial charge in [0, 0.05) is 5.78 Å². The third kappa shape index (κ3) is 2.48. The van der Waals surface area contributed by atoms with Crippen LogP contribution in [0.5, 0.6) is 0 Å². The molecule has 0 aliphatic heterocycles. The van der Waals surface area contributed by atoms with Gasteiger partial charge in [-0.1, -0.05) is 6.42 Å². The predicted octanol–water partition coefficient (Wildman–Crippen LogP) is -1.73. The minimum absolute atomic E-state index is 0. The zero-order valence-electron chi connectivity index (χ0n) is 5.77. The summed E-state index contributed by atoms with van der Waals surface area (Å²) in [4.78, 5) is 10.5. The molecule has 0 N–H and O–H groups in total. The minimum Gasteiger partial charge on any atom is -0.371 e. The van der Waals surface area contributed by atoms with Crippen molar-refractivity contribution in [1.82, 2.24) is 0 Å². The fourth-order valence-electron chi connectivity index (χ4n) is 0.646. The minimum atomic E-state index is 0. The Morgan fingerprint density at radius 2 is 2.44 bits per heavy atom. The number of ketones is 1. The van der Waals surface area contributed by atoms with Crippen molar-refractivity contribution in [3.05, 3.63) is 23.8 Å². The van der Waals surface area contributed by atoms with Crippen LogP contribution in [-0.2, 0) is 4.79 Å². The third-order valence-corrected chi connectivity index (χ3v) is 1.07. The van der Waals surface area contributed by atoms with Crippen molar-refractivity contribution in [2.24, 2.45) is 0 Å². The summed E-state index contributed by atoms with van der Waals surface area (Å²) in [5.41, 5.74) is 0.727. The second-order valence-electron chi connectivity index (χ2n) is 1.75. The molecule has 0 atom stereocenters. The second kappa shape index (κ2) is 4.04. The van der Waals surface area contributed by atoms with Crippen LogP contribution >= 0.6 is 0 Å². The number of carbonyl (C=O) groups is 1. The Bertz CT molecular complexity index is 168. The predicted molar refractivity (Wildman–Crippen MR) is 31.2 cm³/mol. The summed E-state index contributed by atoms with van der Waals surface area (Å²) in [7, 11) is 0. The van der Waals surface area contributed by atoms with Crippen molar-refractivity contribution in [3.63, 3.8) is 0 Å². The van der Waals surface area contributed by atoms with E-state index in [1.165, 1.54) is 0 Å². The molecule has 0 aromatic carbocycles. The van der Waals surface area contributed by atoms with E-state index in [0.717, 1.165) is 12.0 Å². The van der Waals surface area contributed by atoms with E-state index in [2.05, 4.69) is 6.08 Å². The molecule has 0 saturated carbocycles. The van der Waals surface area contributed by atoms with Gasteiger partial charge in [-0.2, -0.15) is 17.7 Å². The van der Waals surface area contributed by atoms with Crippen molar-refractivity contribution in [2.75, 3.05) is 0 Å². The molecule has 0 spiro atoms. The molecular formula is C7H7NaO. The van der Waals surface area contributed by atoms with Gasteiger partial charge in [0.1, 0.15) is 0 Å². The van der Waals surface area contributed by atoms with Gasteiger partial charge in [-0.15, -0.1) is 6.08 Å². The molecule has 1 nitrogen and oxygen atoms in total. The largest absolute Gasteiger partial charge is 1.00 e. The van der Waals surface area contributed by atoms with Gasteiger partial charge in [0.05, 0.1) is 0 Å². The fraction of sp³-hybridized carbons (Fsp3) is 0.286. The van der Waals surface area contributed by atoms with Crippen molar-refractivity contribution in [3.8, 4) is 0 Å². The van der Waals surface area contributed by atoms with E-state index < -0.39 is 0 Å². The summed E-state index contributed by atoms with van der Waals surface area (Å²) in [6, 6.07) is 0. The monoisotopic (exact) mass is 130 g/mol. The number of hydrogen-bond acceptors (Lipinski definition) is 1. The number of rotatable bonds is 1. The number of hydrogen-bond donors (Lipinski definition) is 0. The van der Waals surface area contributed by atoms with Crippen LogP contribution in [0.3, 0.4) is 0 Å². The topological polar surface area (TPSA) is 17.1 Å². The van der Waals surface area contributed by atoms with Crippen LogP contribution < -0.4 is 29.6 Å². The van der Waals surface area contributed by atoms with Crippen LogP contribution in [0.25, 0.3) is 0 Å². The summed E-state index contributed by atoms with van der Waals surface area (Å²) in [6.07, 6.45) is 7.45. The standard InChI is InChI=1S/C7H7O.Na/c1-6(8)7-4-2-3-5-7;/h2,4H,3H2,1H3;/q-1;+1. The Labute approximate surface area is 77.1 Å². The van der Waals surface area contributed by atoms with E-state index in [-0.39, 0.29) is 35.3 Å². The number of allylic oxidation sites excluding steroid dienone is 4. The first kappa shape index (κ1) is 9.15. The molecule has 0 heterocycles. The molecule has 0 aromatic heterocycles. The molecule has 0 amide bonds. The molecule has 9 heavy (non-hydrogen) atoms. The van der Waals surface area contributed by atoms with E-state index in [0.29, 0.717) is 0 Å². The van der Waals surface area contributed by atoms with Crippen LogP contribution in [0.4, 0.5) is 0 Å². The molecule has 42 valence electrons. The van der Waals surface area contributed by atoms with Crippen molar-refractivity contribution in [2.45, 2.75) is 13.3 Å². The Morgan fingerprint density at radius 3 is 2.67 bits per heavy atom. The molecule has 0 aromatic rings. The average Bonchev–Trinajstić information content (AvgIpc) is 2.12. The molecule has 1 aliphatic rings. The van der Waals surface area contributed by atoms with E-state index in [4.69, 9.17) is 0 Å².